The predicted octanol–water partition coefficient (Wildman–Crippen LogP) is -0.270. The van der Waals surface area contributed by atoms with E-state index in [-0.39, 0.29) is 6.61 Å². The molecule has 0 aromatic rings. The van der Waals surface area contributed by atoms with E-state index in [2.05, 4.69) is 6.92 Å². The van der Waals surface area contributed by atoms with Gasteiger partial charge in [0.2, 0.25) is 0 Å². The van der Waals surface area contributed by atoms with Crippen LogP contribution in [0.1, 0.15) is 0 Å². The van der Waals surface area contributed by atoms with Crippen LogP contribution in [0, 0.1) is 6.92 Å². The molecule has 0 heterocycles. The number of hydrogen-bond acceptors (Lipinski definition) is 2. The molecule has 2 N–H and O–H groups in total. The minimum absolute atomic E-state index is 0.230. The summed E-state index contributed by atoms with van der Waals surface area (Å²) in [6, 6.07) is 0. The highest BCUT2D eigenvalue weighted by molar-refractivity contribution is 4.89. The molecule has 0 aliphatic carbocycles. The summed E-state index contributed by atoms with van der Waals surface area (Å²) in [6.45, 7) is 3.09. The van der Waals surface area contributed by atoms with E-state index in [4.69, 9.17) is 10.2 Å². The Morgan fingerprint density at radius 1 is 1.71 bits per heavy atom. The molecule has 0 fully saturated rings. The van der Waals surface area contributed by atoms with Gasteiger partial charge < -0.3 is 10.2 Å². The largest absolute Gasteiger partial charge is 0.393 e. The maximum Gasteiger partial charge on any atom is 0.0951 e. The van der Waals surface area contributed by atoms with Crippen LogP contribution in [0.4, 0.5) is 0 Å². The molecule has 1 radical (unpaired) electrons. The molecule has 1 unspecified atom stereocenters. The third kappa shape index (κ3) is 3.49. The van der Waals surface area contributed by atoms with Crippen LogP contribution in [0.3, 0.4) is 0 Å². The molecule has 0 amide bonds. The molecular formula is C5H9O2. The minimum atomic E-state index is -0.738. The van der Waals surface area contributed by atoms with Crippen LogP contribution in [0.25, 0.3) is 0 Å². The molecule has 0 aliphatic heterocycles. The summed E-state index contributed by atoms with van der Waals surface area (Å²) in [4.78, 5) is 0. The third-order valence-corrected chi connectivity index (χ3v) is 0.545. The summed E-state index contributed by atoms with van der Waals surface area (Å²) >= 11 is 0. The molecule has 0 rings (SSSR count). The molecule has 1 atom stereocenters. The maximum atomic E-state index is 8.48. The van der Waals surface area contributed by atoms with Crippen molar-refractivity contribution in [3.63, 3.8) is 0 Å². The predicted molar refractivity (Wildman–Crippen MR) is 27.6 cm³/mol. The number of rotatable bonds is 2. The second-order valence-corrected chi connectivity index (χ2v) is 1.18. The van der Waals surface area contributed by atoms with Crippen molar-refractivity contribution in [2.45, 2.75) is 6.10 Å². The van der Waals surface area contributed by atoms with Gasteiger partial charge in [-0.1, -0.05) is 12.2 Å². The van der Waals surface area contributed by atoms with Gasteiger partial charge in [-0.05, 0) is 6.92 Å². The van der Waals surface area contributed by atoms with Crippen LogP contribution in [-0.4, -0.2) is 22.9 Å². The van der Waals surface area contributed by atoms with Crippen molar-refractivity contribution in [3.8, 4) is 0 Å². The lowest BCUT2D eigenvalue weighted by atomic mass is 10.3. The number of aliphatic hydroxyl groups excluding tert-OH is 2. The first-order valence-corrected chi connectivity index (χ1v) is 2.06. The Bertz CT molecular complexity index is 59.1. The first kappa shape index (κ1) is 6.66. The molecule has 2 nitrogen and oxygen atoms in total. The lowest BCUT2D eigenvalue weighted by molar-refractivity contribution is 0.131. The molecule has 7 heavy (non-hydrogen) atoms. The van der Waals surface area contributed by atoms with E-state index in [1.165, 1.54) is 12.2 Å². The quantitative estimate of drug-likeness (QED) is 0.502. The smallest absolute Gasteiger partial charge is 0.0951 e. The van der Waals surface area contributed by atoms with Gasteiger partial charge in [0.25, 0.3) is 0 Å². The summed E-state index contributed by atoms with van der Waals surface area (Å²) in [5, 5.41) is 16.6. The van der Waals surface area contributed by atoms with E-state index < -0.39 is 6.10 Å². The summed E-state index contributed by atoms with van der Waals surface area (Å²) in [7, 11) is 0. The van der Waals surface area contributed by atoms with E-state index in [1.807, 2.05) is 0 Å². The normalized spacial score (nSPS) is 15.3. The van der Waals surface area contributed by atoms with Crippen LogP contribution in [0.5, 0.6) is 0 Å². The fourth-order valence-corrected chi connectivity index (χ4v) is 0.218. The second kappa shape index (κ2) is 3.84. The van der Waals surface area contributed by atoms with E-state index in [0.29, 0.717) is 0 Å². The van der Waals surface area contributed by atoms with E-state index in [9.17, 15) is 0 Å². The van der Waals surface area contributed by atoms with E-state index in [1.54, 1.807) is 0 Å². The molecule has 0 bridgehead atoms. The van der Waals surface area contributed by atoms with Crippen molar-refractivity contribution in [1.29, 1.82) is 0 Å². The zero-order valence-electron chi connectivity index (χ0n) is 4.04. The van der Waals surface area contributed by atoms with Crippen molar-refractivity contribution in [1.82, 2.24) is 0 Å². The fourth-order valence-electron chi connectivity index (χ4n) is 0.218. The van der Waals surface area contributed by atoms with Crippen molar-refractivity contribution in [3.05, 3.63) is 19.1 Å². The Balaban J connectivity index is 3.16. The van der Waals surface area contributed by atoms with Crippen molar-refractivity contribution in [2.75, 3.05) is 6.61 Å². The molecule has 0 spiro atoms. The average molecular weight is 101 g/mol. The van der Waals surface area contributed by atoms with Crippen LogP contribution in [0.15, 0.2) is 12.2 Å². The van der Waals surface area contributed by atoms with Gasteiger partial charge >= 0.3 is 0 Å². The molecule has 0 aromatic heterocycles. The van der Waals surface area contributed by atoms with Gasteiger partial charge in [-0.25, -0.2) is 0 Å². The van der Waals surface area contributed by atoms with Gasteiger partial charge in [-0.2, -0.15) is 0 Å². The third-order valence-electron chi connectivity index (χ3n) is 0.545. The van der Waals surface area contributed by atoms with Gasteiger partial charge in [-0.15, -0.1) is 0 Å². The van der Waals surface area contributed by atoms with Crippen molar-refractivity contribution in [2.24, 2.45) is 0 Å². The second-order valence-electron chi connectivity index (χ2n) is 1.18. The number of hydrogen-bond donors (Lipinski definition) is 2. The number of allylic oxidation sites excluding steroid dienone is 1. The van der Waals surface area contributed by atoms with E-state index >= 15 is 0 Å². The topological polar surface area (TPSA) is 40.5 Å². The highest BCUT2D eigenvalue weighted by atomic mass is 16.3. The summed E-state index contributed by atoms with van der Waals surface area (Å²) < 4.78 is 0. The molecule has 0 aromatic carbocycles. The Labute approximate surface area is 43.1 Å². The van der Waals surface area contributed by atoms with Crippen LogP contribution in [0.2, 0.25) is 0 Å². The van der Waals surface area contributed by atoms with E-state index in [0.717, 1.165) is 0 Å². The highest BCUT2D eigenvalue weighted by Gasteiger charge is 1.89. The Kier molecular flexibility index (Phi) is 3.65. The zero-order valence-corrected chi connectivity index (χ0v) is 4.04. The lowest BCUT2D eigenvalue weighted by Crippen LogP contribution is -2.06. The van der Waals surface area contributed by atoms with Crippen molar-refractivity contribution < 1.29 is 10.2 Å². The standard InChI is InChI=1S/C5H9O2/c1-2-3-5(7)4-6/h2-3,5-7H,1,4H2. The molecule has 2 heteroatoms. The van der Waals surface area contributed by atoms with Crippen LogP contribution in [-0.2, 0) is 0 Å². The lowest BCUT2D eigenvalue weighted by Gasteiger charge is -1.94. The van der Waals surface area contributed by atoms with Gasteiger partial charge in [-0.3, -0.25) is 0 Å². The minimum Gasteiger partial charge on any atom is -0.393 e. The van der Waals surface area contributed by atoms with Gasteiger partial charge in [0.1, 0.15) is 0 Å². The molecule has 0 aliphatic rings. The Hall–Kier alpha value is -0.340. The van der Waals surface area contributed by atoms with Gasteiger partial charge in [0.05, 0.1) is 12.7 Å². The molecule has 41 valence electrons. The summed E-state index contributed by atoms with van der Waals surface area (Å²) in [5.41, 5.74) is 0. The Morgan fingerprint density at radius 2 is 2.29 bits per heavy atom. The summed E-state index contributed by atoms with van der Waals surface area (Å²) in [5.74, 6) is 0. The highest BCUT2D eigenvalue weighted by Crippen LogP contribution is 1.80. The Morgan fingerprint density at radius 3 is 2.43 bits per heavy atom. The van der Waals surface area contributed by atoms with Gasteiger partial charge in [0.15, 0.2) is 0 Å². The zero-order chi connectivity index (χ0) is 5.70. The van der Waals surface area contributed by atoms with Crippen molar-refractivity contribution >= 4 is 0 Å². The molecular weight excluding hydrogens is 92.1 g/mol. The molecule has 0 saturated carbocycles. The van der Waals surface area contributed by atoms with Crippen LogP contribution < -0.4 is 0 Å². The van der Waals surface area contributed by atoms with Crippen LogP contribution >= 0.6 is 0 Å². The molecule has 0 saturated heterocycles. The van der Waals surface area contributed by atoms with Gasteiger partial charge in [0, 0.05) is 0 Å². The monoisotopic (exact) mass is 101 g/mol. The fraction of sp³-hybridized carbons (Fsp3) is 0.400. The maximum absolute atomic E-state index is 8.48. The SMILES string of the molecule is [CH2]C=CC(O)CO. The number of aliphatic hydroxyl groups is 2. The summed E-state index contributed by atoms with van der Waals surface area (Å²) in [6.07, 6.45) is 2.12. The average Bonchev–Trinajstić information content (AvgIpc) is 1.68. The first-order valence-electron chi connectivity index (χ1n) is 2.06. The first-order chi connectivity index (χ1) is 3.31.